The van der Waals surface area contributed by atoms with E-state index in [4.69, 9.17) is 0 Å². The van der Waals surface area contributed by atoms with Crippen LogP contribution in [0.4, 0.5) is 8.78 Å². The van der Waals surface area contributed by atoms with Gasteiger partial charge in [0, 0.05) is 0 Å². The third-order valence-electron chi connectivity index (χ3n) is 3.80. The normalized spacial score (nSPS) is 12.2. The Bertz CT molecular complexity index is 271. The van der Waals surface area contributed by atoms with Crippen molar-refractivity contribution in [2.24, 2.45) is 0 Å². The summed E-state index contributed by atoms with van der Waals surface area (Å²) in [7, 11) is -1.89. The monoisotopic (exact) mass is 246 g/mol. The second-order valence-corrected chi connectivity index (χ2v) is 11.5. The molecule has 3 heteroatoms. The molecule has 0 nitrogen and oxygen atoms in total. The first kappa shape index (κ1) is 15.6. The highest BCUT2D eigenvalue weighted by Crippen LogP contribution is 2.45. The van der Waals surface area contributed by atoms with Crippen LogP contribution in [-0.2, 0) is 0 Å². The second kappa shape index (κ2) is 5.79. The average Bonchev–Trinajstić information content (AvgIpc) is 1.99. The summed E-state index contributed by atoms with van der Waals surface area (Å²) in [4.78, 5) is 0. The zero-order valence-corrected chi connectivity index (χ0v) is 12.5. The van der Waals surface area contributed by atoms with Crippen molar-refractivity contribution in [3.05, 3.63) is 17.0 Å². The number of halogens is 2. The molecule has 0 aliphatic heterocycles. The highest BCUT2D eigenvalue weighted by atomic mass is 28.3. The third kappa shape index (κ3) is 2.83. The SMILES string of the molecule is CC(=C=C(F)F)[Si](C(C)C)(C(C)C)C(C)C. The van der Waals surface area contributed by atoms with Crippen LogP contribution < -0.4 is 0 Å². The Morgan fingerprint density at radius 1 is 0.875 bits per heavy atom. The minimum Gasteiger partial charge on any atom is -0.164 e. The van der Waals surface area contributed by atoms with Crippen molar-refractivity contribution in [3.63, 3.8) is 0 Å². The number of hydrogen-bond donors (Lipinski definition) is 0. The Morgan fingerprint density at radius 2 is 1.19 bits per heavy atom. The summed E-state index contributed by atoms with van der Waals surface area (Å²) < 4.78 is 24.8. The number of allylic oxidation sites excluding steroid dienone is 1. The summed E-state index contributed by atoms with van der Waals surface area (Å²) in [5.74, 6) is 0. The Kier molecular flexibility index (Phi) is 5.64. The molecule has 0 atom stereocenters. The van der Waals surface area contributed by atoms with Crippen molar-refractivity contribution in [1.82, 2.24) is 0 Å². The number of rotatable bonds is 4. The van der Waals surface area contributed by atoms with Crippen molar-refractivity contribution in [1.29, 1.82) is 0 Å². The predicted molar refractivity (Wildman–Crippen MR) is 69.5 cm³/mol. The van der Waals surface area contributed by atoms with Crippen molar-refractivity contribution in [2.45, 2.75) is 65.1 Å². The molecule has 0 saturated heterocycles. The van der Waals surface area contributed by atoms with Gasteiger partial charge in [-0.15, -0.1) is 0 Å². The van der Waals surface area contributed by atoms with Gasteiger partial charge in [-0.2, -0.15) is 8.78 Å². The molecule has 0 saturated carbocycles. The Balaban J connectivity index is 5.84. The van der Waals surface area contributed by atoms with Crippen LogP contribution in [0.1, 0.15) is 48.5 Å². The highest BCUT2D eigenvalue weighted by Gasteiger charge is 2.44. The highest BCUT2D eigenvalue weighted by molar-refractivity contribution is 6.89. The van der Waals surface area contributed by atoms with E-state index in [0.717, 1.165) is 5.20 Å². The molecule has 0 fully saturated rings. The molecular formula is C13H24F2Si. The molecule has 0 aliphatic carbocycles. The van der Waals surface area contributed by atoms with Gasteiger partial charge in [-0.25, -0.2) is 0 Å². The lowest BCUT2D eigenvalue weighted by molar-refractivity contribution is 0.423. The van der Waals surface area contributed by atoms with Gasteiger partial charge in [0.05, 0.1) is 8.07 Å². The van der Waals surface area contributed by atoms with Gasteiger partial charge in [-0.05, 0) is 28.7 Å². The fraction of sp³-hybridized carbons (Fsp3) is 0.769. The quantitative estimate of drug-likeness (QED) is 0.452. The molecule has 0 unspecified atom stereocenters. The van der Waals surface area contributed by atoms with Gasteiger partial charge in [0.25, 0.3) is 0 Å². The minimum absolute atomic E-state index is 0.458. The van der Waals surface area contributed by atoms with E-state index in [1.165, 1.54) is 0 Å². The molecule has 0 N–H and O–H groups in total. The van der Waals surface area contributed by atoms with Crippen molar-refractivity contribution >= 4 is 8.07 Å². The molecule has 0 aromatic heterocycles. The Morgan fingerprint density at radius 3 is 1.38 bits per heavy atom. The van der Waals surface area contributed by atoms with Crippen molar-refractivity contribution < 1.29 is 8.78 Å². The van der Waals surface area contributed by atoms with Crippen LogP contribution in [0.15, 0.2) is 17.0 Å². The maximum absolute atomic E-state index is 12.4. The van der Waals surface area contributed by atoms with Crippen LogP contribution in [0, 0.1) is 0 Å². The fourth-order valence-corrected chi connectivity index (χ4v) is 10.5. The van der Waals surface area contributed by atoms with Crippen LogP contribution in [0.3, 0.4) is 0 Å². The van der Waals surface area contributed by atoms with Crippen molar-refractivity contribution in [3.8, 4) is 0 Å². The van der Waals surface area contributed by atoms with E-state index in [1.807, 2.05) is 6.92 Å². The maximum Gasteiger partial charge on any atom is 0.312 e. The van der Waals surface area contributed by atoms with E-state index in [-0.39, 0.29) is 0 Å². The summed E-state index contributed by atoms with van der Waals surface area (Å²) in [5.41, 5.74) is 3.66. The van der Waals surface area contributed by atoms with Crippen LogP contribution in [0.2, 0.25) is 16.6 Å². The first-order valence-corrected chi connectivity index (χ1v) is 8.19. The van der Waals surface area contributed by atoms with E-state index in [2.05, 4.69) is 47.3 Å². The first-order valence-electron chi connectivity index (χ1n) is 5.96. The van der Waals surface area contributed by atoms with E-state index >= 15 is 0 Å². The molecular weight excluding hydrogens is 222 g/mol. The van der Waals surface area contributed by atoms with Gasteiger partial charge in [-0.3, -0.25) is 0 Å². The molecule has 0 amide bonds. The van der Waals surface area contributed by atoms with Crippen LogP contribution >= 0.6 is 0 Å². The lowest BCUT2D eigenvalue weighted by Crippen LogP contribution is -2.45. The summed E-state index contributed by atoms with van der Waals surface area (Å²) in [6.07, 6.45) is -1.68. The zero-order valence-electron chi connectivity index (χ0n) is 11.5. The van der Waals surface area contributed by atoms with Crippen LogP contribution in [0.25, 0.3) is 0 Å². The van der Waals surface area contributed by atoms with Gasteiger partial charge in [-0.1, -0.05) is 47.3 Å². The summed E-state index contributed by atoms with van der Waals surface area (Å²) in [6, 6.07) is 0. The largest absolute Gasteiger partial charge is 0.312 e. The average molecular weight is 246 g/mol. The van der Waals surface area contributed by atoms with E-state index in [0.29, 0.717) is 16.6 Å². The van der Waals surface area contributed by atoms with Gasteiger partial charge < -0.3 is 0 Å². The second-order valence-electron chi connectivity index (χ2n) is 5.41. The standard InChI is InChI=1S/C13H24F2Si/c1-9(2)16(10(3)4,11(5)6)12(7)8-13(14)15/h9-11H,1-7H3. The van der Waals surface area contributed by atoms with Gasteiger partial charge in [0.15, 0.2) is 0 Å². The van der Waals surface area contributed by atoms with Crippen LogP contribution in [-0.4, -0.2) is 8.07 Å². The maximum atomic E-state index is 12.4. The van der Waals surface area contributed by atoms with E-state index in [9.17, 15) is 8.78 Å². The third-order valence-corrected chi connectivity index (χ3v) is 11.0. The van der Waals surface area contributed by atoms with E-state index in [1.54, 1.807) is 0 Å². The van der Waals surface area contributed by atoms with Crippen LogP contribution in [0.5, 0.6) is 0 Å². The lowest BCUT2D eigenvalue weighted by Gasteiger charge is -2.43. The molecule has 0 aromatic rings. The molecule has 0 rings (SSSR count). The van der Waals surface area contributed by atoms with Gasteiger partial charge in [0.2, 0.25) is 0 Å². The van der Waals surface area contributed by atoms with Crippen molar-refractivity contribution in [2.75, 3.05) is 0 Å². The predicted octanol–water partition coefficient (Wildman–Crippen LogP) is 5.53. The smallest absolute Gasteiger partial charge is 0.164 e. The molecule has 16 heavy (non-hydrogen) atoms. The first-order chi connectivity index (χ1) is 7.17. The van der Waals surface area contributed by atoms with Gasteiger partial charge >= 0.3 is 6.08 Å². The summed E-state index contributed by atoms with van der Waals surface area (Å²) >= 11 is 0. The Labute approximate surface area is 99.5 Å². The fourth-order valence-electron chi connectivity index (χ4n) is 3.55. The molecule has 0 bridgehead atoms. The molecule has 0 aliphatic rings. The minimum atomic E-state index is -1.89. The lowest BCUT2D eigenvalue weighted by atomic mass is 10.5. The molecule has 0 radical (unpaired) electrons. The zero-order chi connectivity index (χ0) is 13.1. The molecule has 0 heterocycles. The van der Waals surface area contributed by atoms with E-state index < -0.39 is 14.2 Å². The summed E-state index contributed by atoms with van der Waals surface area (Å²) in [5, 5.41) is 0.813. The van der Waals surface area contributed by atoms with Gasteiger partial charge in [0.1, 0.15) is 0 Å². The molecule has 94 valence electrons. The molecule has 0 aromatic carbocycles. The molecule has 0 spiro atoms. The Hall–Kier alpha value is -0.403. The summed E-state index contributed by atoms with van der Waals surface area (Å²) in [6.45, 7) is 14.8. The number of hydrogen-bond acceptors (Lipinski definition) is 0. The topological polar surface area (TPSA) is 0 Å².